The third-order valence-corrected chi connectivity index (χ3v) is 2.07. The summed E-state index contributed by atoms with van der Waals surface area (Å²) in [5.74, 6) is -8.46. The molecule has 0 saturated carbocycles. The van der Waals surface area contributed by atoms with Gasteiger partial charge in [-0.2, -0.15) is 22.0 Å². The Bertz CT molecular complexity index is 473. The van der Waals surface area contributed by atoms with Crippen molar-refractivity contribution in [3.05, 3.63) is 23.3 Å². The van der Waals surface area contributed by atoms with Gasteiger partial charge in [0.15, 0.2) is 0 Å². The first-order valence-corrected chi connectivity index (χ1v) is 4.65. The molecule has 0 saturated heterocycles. The molecule has 1 heterocycles. The molecule has 0 atom stereocenters. The molecule has 0 aliphatic heterocycles. The van der Waals surface area contributed by atoms with Crippen molar-refractivity contribution in [2.24, 2.45) is 0 Å². The van der Waals surface area contributed by atoms with Crippen LogP contribution < -0.4 is 0 Å². The second-order valence-electron chi connectivity index (χ2n) is 3.28. The lowest BCUT2D eigenvalue weighted by Crippen LogP contribution is -2.36. The van der Waals surface area contributed by atoms with Crippen LogP contribution in [0.3, 0.4) is 0 Å². The smallest absolute Gasteiger partial charge is 0.461 e. The molecule has 4 nitrogen and oxygen atoms in total. The van der Waals surface area contributed by atoms with Gasteiger partial charge in [0.05, 0.1) is 11.3 Å². The number of rotatable bonds is 3. The van der Waals surface area contributed by atoms with Crippen LogP contribution in [0.4, 0.5) is 22.0 Å². The van der Waals surface area contributed by atoms with Crippen LogP contribution in [0.1, 0.15) is 28.8 Å². The van der Waals surface area contributed by atoms with Gasteiger partial charge in [0.1, 0.15) is 0 Å². The Morgan fingerprint density at radius 1 is 1.33 bits per heavy atom. The normalized spacial score (nSPS) is 12.6. The summed E-state index contributed by atoms with van der Waals surface area (Å²) in [7, 11) is 0. The number of carboxylic acid groups (broad SMARTS) is 1. The van der Waals surface area contributed by atoms with E-state index in [4.69, 9.17) is 5.11 Å². The van der Waals surface area contributed by atoms with E-state index in [1.54, 1.807) is 0 Å². The molecule has 0 aliphatic rings. The summed E-state index contributed by atoms with van der Waals surface area (Å²) in [4.78, 5) is 16.4. The fourth-order valence-corrected chi connectivity index (χ4v) is 1.14. The Hall–Kier alpha value is -1.80. The van der Waals surface area contributed by atoms with Gasteiger partial charge in [-0.3, -0.25) is 0 Å². The summed E-state index contributed by atoms with van der Waals surface area (Å²) in [5.41, 5.74) is -0.879. The number of aromatic nitrogens is 2. The standard InChI is InChI=1S/C9H7F5N2O2/c1-2-5-4(6(17)18)3-15-7(16-5)8(10,11)9(12,13)14/h3H,2H2,1H3,(H,17,18). The van der Waals surface area contributed by atoms with E-state index in [0.29, 0.717) is 6.20 Å². The molecular weight excluding hydrogens is 263 g/mol. The van der Waals surface area contributed by atoms with E-state index < -0.39 is 29.5 Å². The molecule has 0 spiro atoms. The van der Waals surface area contributed by atoms with Crippen molar-refractivity contribution in [1.29, 1.82) is 0 Å². The van der Waals surface area contributed by atoms with Gasteiger partial charge in [0.2, 0.25) is 5.82 Å². The van der Waals surface area contributed by atoms with Crippen molar-refractivity contribution in [1.82, 2.24) is 9.97 Å². The predicted molar refractivity (Wildman–Crippen MR) is 48.3 cm³/mol. The monoisotopic (exact) mass is 270 g/mol. The zero-order chi connectivity index (χ0) is 14.1. The van der Waals surface area contributed by atoms with E-state index >= 15 is 0 Å². The molecule has 9 heteroatoms. The fourth-order valence-electron chi connectivity index (χ4n) is 1.14. The summed E-state index contributed by atoms with van der Waals surface area (Å²) in [6.07, 6.45) is -5.49. The topological polar surface area (TPSA) is 63.1 Å². The molecule has 100 valence electrons. The van der Waals surface area contributed by atoms with Crippen LogP contribution in [-0.2, 0) is 12.3 Å². The number of carboxylic acids is 1. The van der Waals surface area contributed by atoms with Crippen LogP contribution in [0.2, 0.25) is 0 Å². The van der Waals surface area contributed by atoms with E-state index in [2.05, 4.69) is 9.97 Å². The van der Waals surface area contributed by atoms with Gasteiger partial charge in [-0.1, -0.05) is 6.92 Å². The SMILES string of the molecule is CCc1nc(C(F)(F)C(F)(F)F)ncc1C(=O)O. The molecule has 1 rings (SSSR count). The highest BCUT2D eigenvalue weighted by molar-refractivity contribution is 5.88. The van der Waals surface area contributed by atoms with Gasteiger partial charge in [-0.25, -0.2) is 14.8 Å². The van der Waals surface area contributed by atoms with Gasteiger partial charge >= 0.3 is 18.1 Å². The van der Waals surface area contributed by atoms with Gasteiger partial charge in [0.25, 0.3) is 0 Å². The molecule has 1 aromatic rings. The second kappa shape index (κ2) is 4.46. The lowest BCUT2D eigenvalue weighted by Gasteiger charge is -2.18. The molecule has 0 aliphatic carbocycles. The van der Waals surface area contributed by atoms with E-state index in [1.165, 1.54) is 6.92 Å². The highest BCUT2D eigenvalue weighted by Gasteiger charge is 2.61. The highest BCUT2D eigenvalue weighted by atomic mass is 19.4. The Balaban J connectivity index is 3.34. The summed E-state index contributed by atoms with van der Waals surface area (Å²) in [6.45, 7) is 1.38. The number of alkyl halides is 5. The average Bonchev–Trinajstić information content (AvgIpc) is 2.26. The zero-order valence-corrected chi connectivity index (χ0v) is 8.92. The quantitative estimate of drug-likeness (QED) is 0.856. The number of hydrogen-bond donors (Lipinski definition) is 1. The third kappa shape index (κ3) is 2.39. The summed E-state index contributed by atoms with van der Waals surface area (Å²) < 4.78 is 62.0. The maximum absolute atomic E-state index is 12.9. The number of aromatic carboxylic acids is 1. The van der Waals surface area contributed by atoms with Crippen LogP contribution in [-0.4, -0.2) is 27.2 Å². The van der Waals surface area contributed by atoms with Crippen molar-refractivity contribution >= 4 is 5.97 Å². The zero-order valence-electron chi connectivity index (χ0n) is 8.92. The Morgan fingerprint density at radius 2 is 1.89 bits per heavy atom. The predicted octanol–water partition coefficient (Wildman–Crippen LogP) is 2.39. The minimum absolute atomic E-state index is 0.106. The molecular formula is C9H7F5N2O2. The summed E-state index contributed by atoms with van der Waals surface area (Å²) in [6, 6.07) is 0. The molecule has 0 radical (unpaired) electrons. The van der Waals surface area contributed by atoms with Crippen molar-refractivity contribution in [2.75, 3.05) is 0 Å². The van der Waals surface area contributed by atoms with Crippen LogP contribution in [0.5, 0.6) is 0 Å². The van der Waals surface area contributed by atoms with Crippen molar-refractivity contribution in [2.45, 2.75) is 25.4 Å². The molecule has 1 N–H and O–H groups in total. The first-order valence-electron chi connectivity index (χ1n) is 4.65. The maximum atomic E-state index is 12.9. The number of carbonyl (C=O) groups is 1. The minimum atomic E-state index is -5.83. The molecule has 0 amide bonds. The first-order chi connectivity index (χ1) is 8.11. The number of nitrogens with zero attached hydrogens (tertiary/aromatic N) is 2. The molecule has 1 aromatic heterocycles. The lowest BCUT2D eigenvalue weighted by atomic mass is 10.2. The Kier molecular flexibility index (Phi) is 3.54. The number of aryl methyl sites for hydroxylation is 1. The average molecular weight is 270 g/mol. The van der Waals surface area contributed by atoms with E-state index in [9.17, 15) is 26.7 Å². The minimum Gasteiger partial charge on any atom is -0.478 e. The van der Waals surface area contributed by atoms with E-state index in [-0.39, 0.29) is 12.1 Å². The third-order valence-electron chi connectivity index (χ3n) is 2.07. The van der Waals surface area contributed by atoms with E-state index in [0.717, 1.165) is 0 Å². The van der Waals surface area contributed by atoms with Crippen LogP contribution >= 0.6 is 0 Å². The second-order valence-corrected chi connectivity index (χ2v) is 3.28. The van der Waals surface area contributed by atoms with Crippen LogP contribution in [0.15, 0.2) is 6.20 Å². The van der Waals surface area contributed by atoms with Gasteiger partial charge in [-0.15, -0.1) is 0 Å². The number of hydrogen-bond acceptors (Lipinski definition) is 3. The van der Waals surface area contributed by atoms with Crippen molar-refractivity contribution in [3.63, 3.8) is 0 Å². The van der Waals surface area contributed by atoms with Crippen LogP contribution in [0, 0.1) is 0 Å². The molecule has 0 fully saturated rings. The molecule has 0 aromatic carbocycles. The van der Waals surface area contributed by atoms with E-state index in [1.807, 2.05) is 0 Å². The summed E-state index contributed by atoms with van der Waals surface area (Å²) >= 11 is 0. The Morgan fingerprint density at radius 3 is 2.28 bits per heavy atom. The van der Waals surface area contributed by atoms with Gasteiger partial charge in [0, 0.05) is 6.20 Å². The largest absolute Gasteiger partial charge is 0.478 e. The maximum Gasteiger partial charge on any atom is 0.461 e. The van der Waals surface area contributed by atoms with Crippen molar-refractivity contribution in [3.8, 4) is 0 Å². The van der Waals surface area contributed by atoms with Crippen molar-refractivity contribution < 1.29 is 31.9 Å². The lowest BCUT2D eigenvalue weighted by molar-refractivity contribution is -0.292. The number of halogens is 5. The molecule has 0 bridgehead atoms. The Labute approximate surface area is 97.5 Å². The first kappa shape index (κ1) is 14.3. The van der Waals surface area contributed by atoms with Gasteiger partial charge < -0.3 is 5.11 Å². The van der Waals surface area contributed by atoms with Gasteiger partial charge in [-0.05, 0) is 6.42 Å². The van der Waals surface area contributed by atoms with Crippen LogP contribution in [0.25, 0.3) is 0 Å². The molecule has 18 heavy (non-hydrogen) atoms. The fraction of sp³-hybridized carbons (Fsp3) is 0.444. The summed E-state index contributed by atoms with van der Waals surface area (Å²) in [5, 5.41) is 8.66. The highest BCUT2D eigenvalue weighted by Crippen LogP contribution is 2.42. The molecule has 0 unspecified atom stereocenters.